The summed E-state index contributed by atoms with van der Waals surface area (Å²) in [4.78, 5) is 10.5. The van der Waals surface area contributed by atoms with Crippen molar-refractivity contribution in [1.29, 1.82) is 0 Å². The molecule has 0 aromatic carbocycles. The van der Waals surface area contributed by atoms with Gasteiger partial charge in [-0.15, -0.1) is 0 Å². The molecule has 2 rings (SSSR count). The Balaban J connectivity index is 1.76. The molecular weight excluding hydrogens is 316 g/mol. The Morgan fingerprint density at radius 1 is 1.50 bits per heavy atom. The van der Waals surface area contributed by atoms with E-state index in [2.05, 4.69) is 43.2 Å². The third-order valence-corrected chi connectivity index (χ3v) is 4.16. The molecule has 2 heterocycles. The minimum absolute atomic E-state index is 0.278. The van der Waals surface area contributed by atoms with E-state index < -0.39 is 0 Å². The van der Waals surface area contributed by atoms with Crippen molar-refractivity contribution in [2.45, 2.75) is 19.3 Å². The highest BCUT2D eigenvalue weighted by Crippen LogP contribution is 2.22. The molecule has 0 bridgehead atoms. The second-order valence-electron chi connectivity index (χ2n) is 4.80. The standard InChI is InChI=1S/C12H18BrClN4/c1-18-6-3-9(4-7-18)2-5-15-11-10(13)8-16-12(14)17-11/h8-9H,2-7H2,1H3,(H,15,16,17). The molecular formula is C12H18BrClN4. The molecule has 0 aliphatic carbocycles. The van der Waals surface area contributed by atoms with Gasteiger partial charge in [-0.2, -0.15) is 4.98 Å². The van der Waals surface area contributed by atoms with E-state index in [0.29, 0.717) is 0 Å². The zero-order valence-electron chi connectivity index (χ0n) is 10.5. The van der Waals surface area contributed by atoms with Crippen LogP contribution in [0.2, 0.25) is 5.28 Å². The monoisotopic (exact) mass is 332 g/mol. The van der Waals surface area contributed by atoms with Crippen molar-refractivity contribution in [3.05, 3.63) is 16.0 Å². The van der Waals surface area contributed by atoms with E-state index in [1.54, 1.807) is 6.20 Å². The number of rotatable bonds is 4. The summed E-state index contributed by atoms with van der Waals surface area (Å²) in [7, 11) is 2.19. The summed E-state index contributed by atoms with van der Waals surface area (Å²) in [6.07, 6.45) is 5.45. The highest BCUT2D eigenvalue weighted by molar-refractivity contribution is 9.10. The number of likely N-dealkylation sites (tertiary alicyclic amines) is 1. The molecule has 0 unspecified atom stereocenters. The van der Waals surface area contributed by atoms with Gasteiger partial charge in [0.15, 0.2) is 0 Å². The average molecular weight is 334 g/mol. The molecule has 6 heteroatoms. The maximum atomic E-state index is 5.77. The molecule has 18 heavy (non-hydrogen) atoms. The molecule has 100 valence electrons. The quantitative estimate of drug-likeness (QED) is 0.860. The fraction of sp³-hybridized carbons (Fsp3) is 0.667. The van der Waals surface area contributed by atoms with Crippen molar-refractivity contribution in [1.82, 2.24) is 14.9 Å². The van der Waals surface area contributed by atoms with Gasteiger partial charge in [0.2, 0.25) is 5.28 Å². The van der Waals surface area contributed by atoms with Crippen molar-refractivity contribution >= 4 is 33.3 Å². The van der Waals surface area contributed by atoms with E-state index in [0.717, 1.165) is 22.8 Å². The van der Waals surface area contributed by atoms with Crippen molar-refractivity contribution < 1.29 is 0 Å². The Morgan fingerprint density at radius 2 is 2.22 bits per heavy atom. The molecule has 4 nitrogen and oxygen atoms in total. The number of hydrogen-bond acceptors (Lipinski definition) is 4. The van der Waals surface area contributed by atoms with Gasteiger partial charge in [0.25, 0.3) is 0 Å². The first-order valence-corrected chi connectivity index (χ1v) is 7.42. The van der Waals surface area contributed by atoms with Crippen LogP contribution in [0.15, 0.2) is 10.7 Å². The Labute approximate surface area is 121 Å². The summed E-state index contributed by atoms with van der Waals surface area (Å²) in [6.45, 7) is 3.36. The van der Waals surface area contributed by atoms with E-state index in [4.69, 9.17) is 11.6 Å². The van der Waals surface area contributed by atoms with E-state index in [9.17, 15) is 0 Å². The van der Waals surface area contributed by atoms with Crippen LogP contribution in [-0.2, 0) is 0 Å². The van der Waals surface area contributed by atoms with Gasteiger partial charge in [0, 0.05) is 12.7 Å². The van der Waals surface area contributed by atoms with E-state index in [1.807, 2.05) is 0 Å². The predicted molar refractivity (Wildman–Crippen MR) is 78.1 cm³/mol. The predicted octanol–water partition coefficient (Wildman–Crippen LogP) is 3.04. The van der Waals surface area contributed by atoms with Crippen LogP contribution in [0.4, 0.5) is 5.82 Å². The molecule has 1 aliphatic rings. The maximum absolute atomic E-state index is 5.77. The van der Waals surface area contributed by atoms with Gasteiger partial charge in [0.1, 0.15) is 5.82 Å². The SMILES string of the molecule is CN1CCC(CCNc2nc(Cl)ncc2Br)CC1. The normalized spacial score (nSPS) is 17.9. The van der Waals surface area contributed by atoms with E-state index in [-0.39, 0.29) is 5.28 Å². The molecule has 1 aromatic rings. The fourth-order valence-corrected chi connectivity index (χ4v) is 2.68. The minimum Gasteiger partial charge on any atom is -0.369 e. The Hall–Kier alpha value is -0.390. The Bertz CT molecular complexity index is 394. The van der Waals surface area contributed by atoms with Gasteiger partial charge in [0.05, 0.1) is 4.47 Å². The highest BCUT2D eigenvalue weighted by Gasteiger charge is 2.16. The summed E-state index contributed by atoms with van der Waals surface area (Å²) >= 11 is 9.18. The van der Waals surface area contributed by atoms with Gasteiger partial charge in [-0.3, -0.25) is 0 Å². The number of hydrogen-bond donors (Lipinski definition) is 1. The average Bonchev–Trinajstić information content (AvgIpc) is 2.36. The number of nitrogens with zero attached hydrogens (tertiary/aromatic N) is 3. The smallest absolute Gasteiger partial charge is 0.224 e. The second kappa shape index (κ2) is 6.68. The molecule has 0 spiro atoms. The van der Waals surface area contributed by atoms with Gasteiger partial charge < -0.3 is 10.2 Å². The summed E-state index contributed by atoms with van der Waals surface area (Å²) < 4.78 is 0.857. The van der Waals surface area contributed by atoms with Crippen LogP contribution in [0.1, 0.15) is 19.3 Å². The van der Waals surface area contributed by atoms with Gasteiger partial charge in [-0.1, -0.05) is 0 Å². The first-order valence-electron chi connectivity index (χ1n) is 6.25. The molecule has 0 amide bonds. The molecule has 0 radical (unpaired) electrons. The molecule has 0 atom stereocenters. The number of anilines is 1. The zero-order chi connectivity index (χ0) is 13.0. The fourth-order valence-electron chi connectivity index (χ4n) is 2.22. The molecule has 0 saturated carbocycles. The van der Waals surface area contributed by atoms with Crippen LogP contribution in [0, 0.1) is 5.92 Å². The molecule has 1 aliphatic heterocycles. The molecule has 1 aromatic heterocycles. The molecule has 1 saturated heterocycles. The van der Waals surface area contributed by atoms with Crippen LogP contribution in [-0.4, -0.2) is 41.5 Å². The summed E-state index contributed by atoms with van der Waals surface area (Å²) in [5.41, 5.74) is 0. The Morgan fingerprint density at radius 3 is 2.94 bits per heavy atom. The van der Waals surface area contributed by atoms with Crippen molar-refractivity contribution in [2.75, 3.05) is 32.0 Å². The number of nitrogens with one attached hydrogen (secondary N) is 1. The molecule has 1 fully saturated rings. The topological polar surface area (TPSA) is 41.0 Å². The highest BCUT2D eigenvalue weighted by atomic mass is 79.9. The van der Waals surface area contributed by atoms with E-state index in [1.165, 1.54) is 32.4 Å². The van der Waals surface area contributed by atoms with Crippen LogP contribution in [0.25, 0.3) is 0 Å². The second-order valence-corrected chi connectivity index (χ2v) is 5.99. The van der Waals surface area contributed by atoms with Crippen LogP contribution >= 0.6 is 27.5 Å². The van der Waals surface area contributed by atoms with Gasteiger partial charge in [-0.25, -0.2) is 4.98 Å². The lowest BCUT2D eigenvalue weighted by Gasteiger charge is -2.28. The Kier molecular flexibility index (Phi) is 5.21. The number of halogens is 2. The third kappa shape index (κ3) is 4.07. The number of aromatic nitrogens is 2. The largest absolute Gasteiger partial charge is 0.369 e. The van der Waals surface area contributed by atoms with Crippen molar-refractivity contribution in [2.24, 2.45) is 5.92 Å². The lowest BCUT2D eigenvalue weighted by atomic mass is 9.94. The van der Waals surface area contributed by atoms with Crippen molar-refractivity contribution in [3.63, 3.8) is 0 Å². The lowest BCUT2D eigenvalue weighted by Crippen LogP contribution is -2.30. The van der Waals surface area contributed by atoms with Crippen LogP contribution < -0.4 is 5.32 Å². The summed E-state index contributed by atoms with van der Waals surface area (Å²) in [6, 6.07) is 0. The van der Waals surface area contributed by atoms with E-state index >= 15 is 0 Å². The van der Waals surface area contributed by atoms with Gasteiger partial charge in [-0.05, 0) is 72.8 Å². The van der Waals surface area contributed by atoms with Gasteiger partial charge >= 0.3 is 0 Å². The third-order valence-electron chi connectivity index (χ3n) is 3.40. The first-order chi connectivity index (χ1) is 8.65. The summed E-state index contributed by atoms with van der Waals surface area (Å²) in [5.74, 6) is 1.60. The van der Waals surface area contributed by atoms with Crippen LogP contribution in [0.3, 0.4) is 0 Å². The first kappa shape index (κ1) is 14.0. The number of piperidine rings is 1. The van der Waals surface area contributed by atoms with Crippen LogP contribution in [0.5, 0.6) is 0 Å². The summed E-state index contributed by atoms with van der Waals surface area (Å²) in [5, 5.41) is 3.59. The zero-order valence-corrected chi connectivity index (χ0v) is 12.8. The minimum atomic E-state index is 0.278. The molecule has 1 N–H and O–H groups in total. The lowest BCUT2D eigenvalue weighted by molar-refractivity contribution is 0.215. The van der Waals surface area contributed by atoms with Crippen molar-refractivity contribution in [3.8, 4) is 0 Å². The maximum Gasteiger partial charge on any atom is 0.224 e.